The first-order valence-corrected chi connectivity index (χ1v) is 9.74. The molecule has 0 aliphatic heterocycles. The van der Waals surface area contributed by atoms with Crippen molar-refractivity contribution >= 4 is 22.6 Å². The van der Waals surface area contributed by atoms with E-state index in [9.17, 15) is 4.79 Å². The van der Waals surface area contributed by atoms with Gasteiger partial charge in [0, 0.05) is 30.2 Å². The molecule has 0 bridgehead atoms. The van der Waals surface area contributed by atoms with Gasteiger partial charge in [-0.05, 0) is 42.2 Å². The van der Waals surface area contributed by atoms with E-state index in [-0.39, 0.29) is 5.91 Å². The van der Waals surface area contributed by atoms with Crippen molar-refractivity contribution in [1.29, 1.82) is 0 Å². The molecule has 0 atom stereocenters. The Morgan fingerprint density at radius 1 is 0.862 bits per heavy atom. The maximum absolute atomic E-state index is 12.3. The van der Waals surface area contributed by atoms with E-state index in [1.54, 1.807) is 12.1 Å². The van der Waals surface area contributed by atoms with Gasteiger partial charge in [-0.3, -0.25) is 4.79 Å². The minimum absolute atomic E-state index is 0.215. The van der Waals surface area contributed by atoms with Crippen LogP contribution >= 0.6 is 0 Å². The molecule has 0 aliphatic carbocycles. The number of benzene rings is 2. The van der Waals surface area contributed by atoms with E-state index in [4.69, 9.17) is 0 Å². The number of amides is 1. The third kappa shape index (κ3) is 4.79. The van der Waals surface area contributed by atoms with Crippen molar-refractivity contribution in [2.24, 2.45) is 0 Å². The summed E-state index contributed by atoms with van der Waals surface area (Å²) in [5, 5.41) is 15.5. The molecule has 1 amide bonds. The maximum Gasteiger partial charge on any atom is 0.271 e. The van der Waals surface area contributed by atoms with Gasteiger partial charge in [0.25, 0.3) is 5.91 Å². The second-order valence-corrected chi connectivity index (χ2v) is 6.83. The van der Waals surface area contributed by atoms with E-state index in [0.717, 1.165) is 24.9 Å². The van der Waals surface area contributed by atoms with E-state index in [1.807, 2.05) is 42.6 Å². The van der Waals surface area contributed by atoms with Crippen molar-refractivity contribution in [2.45, 2.75) is 12.8 Å². The molecule has 0 spiro atoms. The van der Waals surface area contributed by atoms with E-state index in [1.165, 1.54) is 16.5 Å². The summed E-state index contributed by atoms with van der Waals surface area (Å²) in [5.41, 5.74) is 3.87. The Morgan fingerprint density at radius 3 is 2.52 bits per heavy atom. The normalized spacial score (nSPS) is 10.8. The number of hydrogen-bond donors (Lipinski definition) is 3. The number of hydrogen-bond acceptors (Lipinski definition) is 4. The van der Waals surface area contributed by atoms with Gasteiger partial charge in [0.1, 0.15) is 5.82 Å². The number of para-hydroxylation sites is 1. The summed E-state index contributed by atoms with van der Waals surface area (Å²) in [7, 11) is 0. The van der Waals surface area contributed by atoms with Gasteiger partial charge < -0.3 is 15.6 Å². The predicted molar refractivity (Wildman–Crippen MR) is 115 cm³/mol. The number of carbonyl (C=O) groups excluding carboxylic acids is 1. The molecule has 29 heavy (non-hydrogen) atoms. The first-order chi connectivity index (χ1) is 14.3. The fourth-order valence-electron chi connectivity index (χ4n) is 3.27. The van der Waals surface area contributed by atoms with Crippen molar-refractivity contribution in [3.63, 3.8) is 0 Å². The lowest BCUT2D eigenvalue weighted by molar-refractivity contribution is 0.0948. The van der Waals surface area contributed by atoms with Gasteiger partial charge in [-0.1, -0.05) is 48.5 Å². The number of rotatable bonds is 8. The molecule has 6 heteroatoms. The molecule has 4 aromatic rings. The zero-order chi connectivity index (χ0) is 19.9. The second kappa shape index (κ2) is 9.01. The van der Waals surface area contributed by atoms with Gasteiger partial charge in [-0.2, -0.15) is 0 Å². The van der Waals surface area contributed by atoms with Crippen LogP contribution in [0.4, 0.5) is 5.82 Å². The molecule has 0 aliphatic rings. The lowest BCUT2D eigenvalue weighted by atomic mass is 10.1. The Morgan fingerprint density at radius 2 is 1.69 bits per heavy atom. The van der Waals surface area contributed by atoms with Gasteiger partial charge in [-0.25, -0.2) is 0 Å². The Bertz CT molecular complexity index is 1070. The summed E-state index contributed by atoms with van der Waals surface area (Å²) >= 11 is 0. The highest BCUT2D eigenvalue weighted by atomic mass is 16.1. The molecule has 2 aromatic heterocycles. The standard InChI is InChI=1S/C23H23N5O/c29-23(25-15-13-18-16-26-20-9-5-4-8-19(18)20)21-10-11-22(28-27-21)24-14-12-17-6-2-1-3-7-17/h1-11,16,26H,12-15H2,(H,24,28)(H,25,29). The first-order valence-electron chi connectivity index (χ1n) is 9.74. The third-order valence-corrected chi connectivity index (χ3v) is 4.81. The first kappa shape index (κ1) is 18.7. The zero-order valence-electron chi connectivity index (χ0n) is 16.1. The molecular formula is C23H23N5O. The highest BCUT2D eigenvalue weighted by Gasteiger charge is 2.09. The molecule has 2 aromatic carbocycles. The molecular weight excluding hydrogens is 362 g/mol. The molecule has 2 heterocycles. The summed E-state index contributed by atoms with van der Waals surface area (Å²) in [4.78, 5) is 15.6. The van der Waals surface area contributed by atoms with Gasteiger partial charge in [-0.15, -0.1) is 10.2 Å². The van der Waals surface area contributed by atoms with Crippen LogP contribution in [0.5, 0.6) is 0 Å². The molecule has 146 valence electrons. The summed E-state index contributed by atoms with van der Waals surface area (Å²) in [6.45, 7) is 1.30. The smallest absolute Gasteiger partial charge is 0.271 e. The predicted octanol–water partition coefficient (Wildman–Crippen LogP) is 3.59. The lowest BCUT2D eigenvalue weighted by Gasteiger charge is -2.07. The SMILES string of the molecule is O=C(NCCc1c[nH]c2ccccc12)c1ccc(NCCc2ccccc2)nn1. The van der Waals surface area contributed by atoms with Crippen LogP contribution in [-0.2, 0) is 12.8 Å². The average molecular weight is 385 g/mol. The molecule has 0 saturated carbocycles. The van der Waals surface area contributed by atoms with Gasteiger partial charge in [0.2, 0.25) is 0 Å². The Kier molecular flexibility index (Phi) is 5.81. The number of H-pyrrole nitrogens is 1. The topological polar surface area (TPSA) is 82.7 Å². The quantitative estimate of drug-likeness (QED) is 0.433. The zero-order valence-corrected chi connectivity index (χ0v) is 16.1. The van der Waals surface area contributed by atoms with Crippen LogP contribution in [-0.4, -0.2) is 34.2 Å². The summed E-state index contributed by atoms with van der Waals surface area (Å²) < 4.78 is 0. The van der Waals surface area contributed by atoms with Crippen LogP contribution in [0.3, 0.4) is 0 Å². The van der Waals surface area contributed by atoms with Crippen LogP contribution in [0, 0.1) is 0 Å². The molecule has 0 fully saturated rings. The van der Waals surface area contributed by atoms with Crippen LogP contribution in [0.25, 0.3) is 10.9 Å². The van der Waals surface area contributed by atoms with Crippen LogP contribution in [0.2, 0.25) is 0 Å². The molecule has 0 radical (unpaired) electrons. The number of fused-ring (bicyclic) bond motifs is 1. The minimum atomic E-state index is -0.215. The molecule has 6 nitrogen and oxygen atoms in total. The molecule has 0 saturated heterocycles. The number of anilines is 1. The van der Waals surface area contributed by atoms with Crippen molar-refractivity contribution in [3.05, 3.63) is 89.7 Å². The second-order valence-electron chi connectivity index (χ2n) is 6.83. The number of aromatic amines is 1. The maximum atomic E-state index is 12.3. The molecule has 4 rings (SSSR count). The Hall–Kier alpha value is -3.67. The van der Waals surface area contributed by atoms with Crippen LogP contribution < -0.4 is 10.6 Å². The lowest BCUT2D eigenvalue weighted by Crippen LogP contribution is -2.26. The van der Waals surface area contributed by atoms with Crippen LogP contribution in [0.15, 0.2) is 72.9 Å². The summed E-state index contributed by atoms with van der Waals surface area (Å²) in [6, 6.07) is 21.9. The minimum Gasteiger partial charge on any atom is -0.368 e. The van der Waals surface area contributed by atoms with Crippen molar-refractivity contribution in [1.82, 2.24) is 20.5 Å². The van der Waals surface area contributed by atoms with E-state index < -0.39 is 0 Å². The van der Waals surface area contributed by atoms with E-state index in [2.05, 4.69) is 44.0 Å². The fraction of sp³-hybridized carbons (Fsp3) is 0.174. The average Bonchev–Trinajstić information content (AvgIpc) is 3.18. The van der Waals surface area contributed by atoms with E-state index in [0.29, 0.717) is 18.1 Å². The molecule has 3 N–H and O–H groups in total. The Labute approximate surface area is 169 Å². The summed E-state index contributed by atoms with van der Waals surface area (Å²) in [5.74, 6) is 0.449. The number of nitrogens with one attached hydrogen (secondary N) is 3. The van der Waals surface area contributed by atoms with Crippen molar-refractivity contribution in [2.75, 3.05) is 18.4 Å². The highest BCUT2D eigenvalue weighted by molar-refractivity contribution is 5.92. The third-order valence-electron chi connectivity index (χ3n) is 4.81. The number of carbonyl (C=O) groups is 1. The van der Waals surface area contributed by atoms with Gasteiger partial charge >= 0.3 is 0 Å². The monoisotopic (exact) mass is 385 g/mol. The van der Waals surface area contributed by atoms with Gasteiger partial charge in [0.05, 0.1) is 0 Å². The van der Waals surface area contributed by atoms with Crippen molar-refractivity contribution in [3.8, 4) is 0 Å². The number of nitrogens with zero attached hydrogens (tertiary/aromatic N) is 2. The fourth-order valence-corrected chi connectivity index (χ4v) is 3.27. The van der Waals surface area contributed by atoms with E-state index >= 15 is 0 Å². The summed E-state index contributed by atoms with van der Waals surface area (Å²) in [6.07, 6.45) is 3.65. The van der Waals surface area contributed by atoms with Crippen molar-refractivity contribution < 1.29 is 4.79 Å². The largest absolute Gasteiger partial charge is 0.368 e. The highest BCUT2D eigenvalue weighted by Crippen LogP contribution is 2.17. The van der Waals surface area contributed by atoms with Gasteiger partial charge in [0.15, 0.2) is 5.69 Å². The Balaban J connectivity index is 1.24. The number of aromatic nitrogens is 3. The molecule has 0 unspecified atom stereocenters. The van der Waals surface area contributed by atoms with Crippen LogP contribution in [0.1, 0.15) is 21.6 Å².